The smallest absolute Gasteiger partial charge is 0.470 e. The molecule has 1 aromatic carbocycles. The lowest BCUT2D eigenvalue weighted by Gasteiger charge is -2.12. The first-order valence-electron chi connectivity index (χ1n) is 7.68. The third-order valence-corrected chi connectivity index (χ3v) is 3.52. The number of ether oxygens (including phenoxy) is 1. The highest BCUT2D eigenvalue weighted by molar-refractivity contribution is 5.60. The fourth-order valence-corrected chi connectivity index (χ4v) is 2.43. The van der Waals surface area contributed by atoms with Crippen molar-refractivity contribution in [2.75, 3.05) is 6.61 Å². The summed E-state index contributed by atoms with van der Waals surface area (Å²) in [6.45, 7) is 5.51. The lowest BCUT2D eigenvalue weighted by molar-refractivity contribution is -0.157. The van der Waals surface area contributed by atoms with Crippen LogP contribution >= 0.6 is 0 Å². The molecule has 26 heavy (non-hydrogen) atoms. The molecule has 0 saturated heterocycles. The van der Waals surface area contributed by atoms with Crippen LogP contribution in [0.4, 0.5) is 13.2 Å². The van der Waals surface area contributed by atoms with Gasteiger partial charge in [0.2, 0.25) is 17.6 Å². The number of alkyl halides is 3. The average Bonchev–Trinajstić information content (AvgIpc) is 3.18. The molecular weight excluding hydrogens is 353 g/mol. The van der Waals surface area contributed by atoms with Crippen LogP contribution < -0.4 is 4.74 Å². The van der Waals surface area contributed by atoms with E-state index >= 15 is 0 Å². The van der Waals surface area contributed by atoms with Crippen LogP contribution in [0, 0.1) is 20.8 Å². The summed E-state index contributed by atoms with van der Waals surface area (Å²) in [6.07, 6.45) is -4.59. The zero-order valence-electron chi connectivity index (χ0n) is 14.2. The number of aryl methyl sites for hydroxylation is 3. The van der Waals surface area contributed by atoms with Crippen LogP contribution in [0.15, 0.2) is 21.1 Å². The maximum atomic E-state index is 12.4. The fraction of sp³-hybridized carbons (Fsp3) is 0.375. The number of nitrogens with zero attached hydrogens (tertiary/aromatic N) is 4. The minimum absolute atomic E-state index is 0.0632. The summed E-state index contributed by atoms with van der Waals surface area (Å²) < 4.78 is 52.5. The summed E-state index contributed by atoms with van der Waals surface area (Å²) in [5, 5.41) is 10.2. The lowest BCUT2D eigenvalue weighted by atomic mass is 10.1. The molecule has 2 heterocycles. The van der Waals surface area contributed by atoms with E-state index in [9.17, 15) is 13.2 Å². The largest absolute Gasteiger partial charge is 0.493 e. The molecule has 0 radical (unpaired) electrons. The molecule has 0 saturated carbocycles. The third-order valence-electron chi connectivity index (χ3n) is 3.52. The van der Waals surface area contributed by atoms with Gasteiger partial charge in [-0.05, 0) is 37.1 Å². The number of rotatable bonds is 5. The van der Waals surface area contributed by atoms with Gasteiger partial charge in [0.15, 0.2) is 0 Å². The first-order valence-corrected chi connectivity index (χ1v) is 7.68. The highest BCUT2D eigenvalue weighted by Gasteiger charge is 2.38. The van der Waals surface area contributed by atoms with Crippen LogP contribution in [0.3, 0.4) is 0 Å². The van der Waals surface area contributed by atoms with Crippen molar-refractivity contribution in [3.8, 4) is 17.1 Å². The van der Waals surface area contributed by atoms with Gasteiger partial charge in [-0.3, -0.25) is 0 Å². The molecule has 0 N–H and O–H groups in total. The predicted octanol–water partition coefficient (Wildman–Crippen LogP) is 3.69. The van der Waals surface area contributed by atoms with Crippen molar-refractivity contribution in [2.45, 2.75) is 33.4 Å². The Hall–Kier alpha value is -2.91. The first kappa shape index (κ1) is 17.9. The molecule has 0 aliphatic heterocycles. The Morgan fingerprint density at radius 3 is 2.31 bits per heavy atom. The van der Waals surface area contributed by atoms with Gasteiger partial charge in [-0.25, -0.2) is 0 Å². The quantitative estimate of drug-likeness (QED) is 0.679. The summed E-state index contributed by atoms with van der Waals surface area (Å²) in [4.78, 5) is 4.18. The van der Waals surface area contributed by atoms with E-state index in [4.69, 9.17) is 9.26 Å². The van der Waals surface area contributed by atoms with Crippen molar-refractivity contribution in [1.29, 1.82) is 0 Å². The Morgan fingerprint density at radius 2 is 1.77 bits per heavy atom. The SMILES string of the molecule is Cc1nc(-c2cc(C)c(OCCc3nnc(C(F)(F)F)o3)c(C)c2)no1. The molecule has 0 aliphatic rings. The van der Waals surface area contributed by atoms with Crippen molar-refractivity contribution < 1.29 is 26.8 Å². The molecule has 138 valence electrons. The number of hydrogen-bond acceptors (Lipinski definition) is 7. The van der Waals surface area contributed by atoms with Crippen LogP contribution in [0.25, 0.3) is 11.4 Å². The molecule has 0 amide bonds. The molecule has 2 aromatic heterocycles. The molecule has 10 heteroatoms. The van der Waals surface area contributed by atoms with E-state index in [0.29, 0.717) is 17.5 Å². The molecule has 0 atom stereocenters. The highest BCUT2D eigenvalue weighted by Crippen LogP contribution is 2.30. The number of aromatic nitrogens is 4. The number of hydrogen-bond donors (Lipinski definition) is 0. The van der Waals surface area contributed by atoms with Crippen LogP contribution in [-0.4, -0.2) is 26.9 Å². The van der Waals surface area contributed by atoms with Crippen molar-refractivity contribution in [2.24, 2.45) is 0 Å². The van der Waals surface area contributed by atoms with Gasteiger partial charge in [0.05, 0.1) is 13.0 Å². The number of halogens is 3. The van der Waals surface area contributed by atoms with E-state index in [1.54, 1.807) is 6.92 Å². The third kappa shape index (κ3) is 3.84. The summed E-state index contributed by atoms with van der Waals surface area (Å²) in [6, 6.07) is 3.70. The Labute approximate surface area is 146 Å². The Balaban J connectivity index is 1.67. The summed E-state index contributed by atoms with van der Waals surface area (Å²) in [7, 11) is 0. The van der Waals surface area contributed by atoms with E-state index in [-0.39, 0.29) is 18.9 Å². The molecular formula is C16H15F3N4O3. The molecule has 7 nitrogen and oxygen atoms in total. The normalized spacial score (nSPS) is 11.8. The molecule has 3 aromatic rings. The minimum Gasteiger partial charge on any atom is -0.493 e. The average molecular weight is 368 g/mol. The van der Waals surface area contributed by atoms with E-state index in [0.717, 1.165) is 16.7 Å². The van der Waals surface area contributed by atoms with Gasteiger partial charge in [-0.2, -0.15) is 18.2 Å². The maximum absolute atomic E-state index is 12.4. The molecule has 0 fully saturated rings. The zero-order chi connectivity index (χ0) is 18.9. The van der Waals surface area contributed by atoms with Crippen molar-refractivity contribution in [1.82, 2.24) is 20.3 Å². The van der Waals surface area contributed by atoms with Gasteiger partial charge in [0, 0.05) is 12.5 Å². The lowest BCUT2D eigenvalue weighted by Crippen LogP contribution is -2.05. The summed E-state index contributed by atoms with van der Waals surface area (Å²) in [5.41, 5.74) is 2.46. The number of benzene rings is 1. The van der Waals surface area contributed by atoms with Gasteiger partial charge in [-0.1, -0.05) is 5.16 Å². The van der Waals surface area contributed by atoms with E-state index < -0.39 is 12.1 Å². The van der Waals surface area contributed by atoms with Gasteiger partial charge in [0.1, 0.15) is 5.75 Å². The van der Waals surface area contributed by atoms with E-state index in [1.165, 1.54) is 0 Å². The van der Waals surface area contributed by atoms with Gasteiger partial charge >= 0.3 is 12.1 Å². The van der Waals surface area contributed by atoms with E-state index in [2.05, 4.69) is 24.8 Å². The highest BCUT2D eigenvalue weighted by atomic mass is 19.4. The molecule has 0 unspecified atom stereocenters. The van der Waals surface area contributed by atoms with Crippen LogP contribution in [0.1, 0.15) is 28.8 Å². The Kier molecular flexibility index (Phi) is 4.66. The zero-order valence-corrected chi connectivity index (χ0v) is 14.2. The Morgan fingerprint density at radius 1 is 1.08 bits per heavy atom. The molecule has 0 spiro atoms. The first-order chi connectivity index (χ1) is 12.2. The van der Waals surface area contributed by atoms with Crippen molar-refractivity contribution >= 4 is 0 Å². The van der Waals surface area contributed by atoms with Crippen LogP contribution in [0.5, 0.6) is 5.75 Å². The van der Waals surface area contributed by atoms with E-state index in [1.807, 2.05) is 26.0 Å². The molecule has 3 rings (SSSR count). The summed E-state index contributed by atoms with van der Waals surface area (Å²) in [5.74, 6) is 0.0786. The van der Waals surface area contributed by atoms with Gasteiger partial charge in [0.25, 0.3) is 0 Å². The monoisotopic (exact) mass is 368 g/mol. The fourth-order valence-electron chi connectivity index (χ4n) is 2.43. The second-order valence-electron chi connectivity index (χ2n) is 5.67. The van der Waals surface area contributed by atoms with Crippen LogP contribution in [0.2, 0.25) is 0 Å². The standard InChI is InChI=1S/C16H15F3N4O3/c1-8-6-11(14-20-10(3)26-23-14)7-9(2)13(8)24-5-4-12-21-22-15(25-12)16(17,18)19/h6-7H,4-5H2,1-3H3. The maximum Gasteiger partial charge on any atom is 0.470 e. The second kappa shape index (κ2) is 6.77. The molecule has 0 aliphatic carbocycles. The van der Waals surface area contributed by atoms with Crippen molar-refractivity contribution in [3.05, 3.63) is 40.9 Å². The predicted molar refractivity (Wildman–Crippen MR) is 82.4 cm³/mol. The second-order valence-corrected chi connectivity index (χ2v) is 5.67. The summed E-state index contributed by atoms with van der Waals surface area (Å²) >= 11 is 0. The Bertz CT molecular complexity index is 895. The molecule has 0 bridgehead atoms. The topological polar surface area (TPSA) is 87.1 Å². The van der Waals surface area contributed by atoms with Crippen molar-refractivity contribution in [3.63, 3.8) is 0 Å². The van der Waals surface area contributed by atoms with Crippen LogP contribution in [-0.2, 0) is 12.6 Å². The van der Waals surface area contributed by atoms with Gasteiger partial charge < -0.3 is 13.7 Å². The minimum atomic E-state index is -4.65. The van der Waals surface area contributed by atoms with Gasteiger partial charge in [-0.15, -0.1) is 10.2 Å².